The highest BCUT2D eigenvalue weighted by Crippen LogP contribution is 2.28. The third-order valence-electron chi connectivity index (χ3n) is 3.61. The van der Waals surface area contributed by atoms with E-state index < -0.39 is 0 Å². The number of carbonyl (C=O) groups excluding carboxylic acids is 2. The first-order valence-corrected chi connectivity index (χ1v) is 6.72. The number of hydrogen-bond donors (Lipinski definition) is 3. The average Bonchev–Trinajstić information content (AvgIpc) is 3.19. The number of piperidine rings is 1. The molecule has 0 aromatic heterocycles. The van der Waals surface area contributed by atoms with Gasteiger partial charge in [-0.05, 0) is 25.7 Å². The SMILES string of the molecule is NC(=O)N1CCC(NCCNC(=O)C2CC2)CC1. The molecule has 0 unspecified atom stereocenters. The summed E-state index contributed by atoms with van der Waals surface area (Å²) in [4.78, 5) is 24.0. The Kier molecular flexibility index (Phi) is 4.41. The Balaban J connectivity index is 1.52. The van der Waals surface area contributed by atoms with Gasteiger partial charge >= 0.3 is 6.03 Å². The van der Waals surface area contributed by atoms with Crippen molar-refractivity contribution in [1.29, 1.82) is 0 Å². The smallest absolute Gasteiger partial charge is 0.314 e. The van der Waals surface area contributed by atoms with E-state index in [2.05, 4.69) is 10.6 Å². The maximum atomic E-state index is 11.4. The van der Waals surface area contributed by atoms with Gasteiger partial charge in [0.05, 0.1) is 0 Å². The Hall–Kier alpha value is -1.30. The highest BCUT2D eigenvalue weighted by atomic mass is 16.2. The third-order valence-corrected chi connectivity index (χ3v) is 3.61. The van der Waals surface area contributed by atoms with Gasteiger partial charge < -0.3 is 21.3 Å². The molecular weight excluding hydrogens is 232 g/mol. The lowest BCUT2D eigenvalue weighted by atomic mass is 10.1. The van der Waals surface area contributed by atoms with Crippen LogP contribution >= 0.6 is 0 Å². The molecule has 6 nitrogen and oxygen atoms in total. The molecule has 2 aliphatic rings. The predicted molar refractivity (Wildman–Crippen MR) is 67.9 cm³/mol. The number of nitrogens with two attached hydrogens (primary N) is 1. The van der Waals surface area contributed by atoms with Crippen LogP contribution in [0.2, 0.25) is 0 Å². The quantitative estimate of drug-likeness (QED) is 0.586. The van der Waals surface area contributed by atoms with Crippen molar-refractivity contribution in [3.8, 4) is 0 Å². The molecule has 3 amide bonds. The molecule has 102 valence electrons. The third kappa shape index (κ3) is 3.87. The number of urea groups is 1. The fraction of sp³-hybridized carbons (Fsp3) is 0.833. The maximum Gasteiger partial charge on any atom is 0.314 e. The van der Waals surface area contributed by atoms with Crippen molar-refractivity contribution in [3.05, 3.63) is 0 Å². The fourth-order valence-corrected chi connectivity index (χ4v) is 2.26. The highest BCUT2D eigenvalue weighted by molar-refractivity contribution is 5.80. The monoisotopic (exact) mass is 254 g/mol. The molecule has 1 aliphatic carbocycles. The molecule has 18 heavy (non-hydrogen) atoms. The van der Waals surface area contributed by atoms with Gasteiger partial charge in [0.1, 0.15) is 0 Å². The molecule has 0 aromatic carbocycles. The topological polar surface area (TPSA) is 87.5 Å². The second kappa shape index (κ2) is 6.04. The Morgan fingerprint density at radius 3 is 2.33 bits per heavy atom. The Morgan fingerprint density at radius 1 is 1.11 bits per heavy atom. The van der Waals surface area contributed by atoms with Crippen LogP contribution in [0.25, 0.3) is 0 Å². The first kappa shape index (κ1) is 13.1. The predicted octanol–water partition coefficient (Wildman–Crippen LogP) is -0.355. The zero-order valence-corrected chi connectivity index (χ0v) is 10.7. The molecular formula is C12H22N4O2. The van der Waals surface area contributed by atoms with Gasteiger partial charge in [0.2, 0.25) is 5.91 Å². The molecule has 2 rings (SSSR count). The molecule has 0 spiro atoms. The number of rotatable bonds is 5. The first-order chi connectivity index (χ1) is 8.66. The van der Waals surface area contributed by atoms with E-state index in [9.17, 15) is 9.59 Å². The van der Waals surface area contributed by atoms with Gasteiger partial charge in [-0.15, -0.1) is 0 Å². The molecule has 6 heteroatoms. The van der Waals surface area contributed by atoms with Crippen LogP contribution in [0.3, 0.4) is 0 Å². The second-order valence-electron chi connectivity index (χ2n) is 5.12. The van der Waals surface area contributed by atoms with Crippen molar-refractivity contribution in [3.63, 3.8) is 0 Å². The van der Waals surface area contributed by atoms with Crippen LogP contribution in [0.4, 0.5) is 4.79 Å². The number of primary amides is 1. The van der Waals surface area contributed by atoms with Gasteiger partial charge in [-0.25, -0.2) is 4.79 Å². The molecule has 2 fully saturated rings. The summed E-state index contributed by atoms with van der Waals surface area (Å²) >= 11 is 0. The summed E-state index contributed by atoms with van der Waals surface area (Å²) in [5.74, 6) is 0.476. The molecule has 0 aromatic rings. The summed E-state index contributed by atoms with van der Waals surface area (Å²) in [5.41, 5.74) is 5.22. The number of likely N-dealkylation sites (tertiary alicyclic amines) is 1. The molecule has 4 N–H and O–H groups in total. The van der Waals surface area contributed by atoms with Gasteiger partial charge in [-0.1, -0.05) is 0 Å². The molecule has 1 aliphatic heterocycles. The summed E-state index contributed by atoms with van der Waals surface area (Å²) in [6, 6.07) is 0.101. The van der Waals surface area contributed by atoms with E-state index in [0.717, 1.165) is 45.3 Å². The lowest BCUT2D eigenvalue weighted by Gasteiger charge is -2.31. The summed E-state index contributed by atoms with van der Waals surface area (Å²) < 4.78 is 0. The van der Waals surface area contributed by atoms with E-state index in [1.807, 2.05) is 0 Å². The van der Waals surface area contributed by atoms with E-state index in [4.69, 9.17) is 5.73 Å². The van der Waals surface area contributed by atoms with Gasteiger partial charge in [-0.2, -0.15) is 0 Å². The van der Waals surface area contributed by atoms with Crippen LogP contribution < -0.4 is 16.4 Å². The summed E-state index contributed by atoms with van der Waals surface area (Å²) in [7, 11) is 0. The standard InChI is InChI=1S/C12H22N4O2/c13-12(18)16-7-3-10(4-8-16)14-5-6-15-11(17)9-1-2-9/h9-10,14H,1-8H2,(H2,13,18)(H,15,17). The summed E-state index contributed by atoms with van der Waals surface area (Å²) in [5, 5.41) is 6.33. The molecule has 1 saturated heterocycles. The number of nitrogens with zero attached hydrogens (tertiary/aromatic N) is 1. The zero-order chi connectivity index (χ0) is 13.0. The van der Waals surface area contributed by atoms with Gasteiger partial charge in [-0.3, -0.25) is 4.79 Å². The largest absolute Gasteiger partial charge is 0.355 e. The van der Waals surface area contributed by atoms with E-state index in [-0.39, 0.29) is 17.9 Å². The van der Waals surface area contributed by atoms with E-state index >= 15 is 0 Å². The van der Waals surface area contributed by atoms with Crippen LogP contribution in [0.5, 0.6) is 0 Å². The normalized spacial score (nSPS) is 20.8. The van der Waals surface area contributed by atoms with Gasteiger partial charge in [0.25, 0.3) is 0 Å². The van der Waals surface area contributed by atoms with Crippen LogP contribution in [0, 0.1) is 5.92 Å². The zero-order valence-electron chi connectivity index (χ0n) is 10.7. The lowest BCUT2D eigenvalue weighted by Crippen LogP contribution is -2.48. The van der Waals surface area contributed by atoms with Crippen molar-refractivity contribution in [1.82, 2.24) is 15.5 Å². The Morgan fingerprint density at radius 2 is 1.78 bits per heavy atom. The van der Waals surface area contributed by atoms with Crippen LogP contribution in [0.15, 0.2) is 0 Å². The molecule has 1 heterocycles. The molecule has 1 saturated carbocycles. The minimum absolute atomic E-state index is 0.195. The average molecular weight is 254 g/mol. The number of hydrogen-bond acceptors (Lipinski definition) is 3. The van der Waals surface area contributed by atoms with Crippen molar-refractivity contribution in [2.75, 3.05) is 26.2 Å². The summed E-state index contributed by atoms with van der Waals surface area (Å²) in [6.07, 6.45) is 3.95. The summed E-state index contributed by atoms with van der Waals surface area (Å²) in [6.45, 7) is 2.92. The maximum absolute atomic E-state index is 11.4. The molecule has 0 bridgehead atoms. The fourth-order valence-electron chi connectivity index (χ4n) is 2.26. The van der Waals surface area contributed by atoms with Gasteiger partial charge in [0.15, 0.2) is 0 Å². The van der Waals surface area contributed by atoms with Crippen molar-refractivity contribution >= 4 is 11.9 Å². The highest BCUT2D eigenvalue weighted by Gasteiger charge is 2.29. The van der Waals surface area contributed by atoms with Gasteiger partial charge in [0, 0.05) is 38.1 Å². The van der Waals surface area contributed by atoms with E-state index in [0.29, 0.717) is 12.6 Å². The van der Waals surface area contributed by atoms with E-state index in [1.54, 1.807) is 4.90 Å². The second-order valence-corrected chi connectivity index (χ2v) is 5.12. The Bertz CT molecular complexity index is 309. The number of amides is 3. The minimum Gasteiger partial charge on any atom is -0.355 e. The van der Waals surface area contributed by atoms with E-state index in [1.165, 1.54) is 0 Å². The Labute approximate surface area is 107 Å². The lowest BCUT2D eigenvalue weighted by molar-refractivity contribution is -0.122. The van der Waals surface area contributed by atoms with Crippen LogP contribution in [0.1, 0.15) is 25.7 Å². The number of carbonyl (C=O) groups is 2. The molecule has 0 atom stereocenters. The molecule has 0 radical (unpaired) electrons. The minimum atomic E-state index is -0.329. The van der Waals surface area contributed by atoms with Crippen molar-refractivity contribution in [2.24, 2.45) is 11.7 Å². The van der Waals surface area contributed by atoms with Crippen LogP contribution in [-0.2, 0) is 4.79 Å². The van der Waals surface area contributed by atoms with Crippen LogP contribution in [-0.4, -0.2) is 49.1 Å². The van der Waals surface area contributed by atoms with Crippen molar-refractivity contribution < 1.29 is 9.59 Å². The first-order valence-electron chi connectivity index (χ1n) is 6.72. The number of nitrogens with one attached hydrogen (secondary N) is 2. The van der Waals surface area contributed by atoms with Crippen molar-refractivity contribution in [2.45, 2.75) is 31.7 Å².